The minimum Gasteiger partial charge on any atom is -0.493 e. The number of amides is 1. The summed E-state index contributed by atoms with van der Waals surface area (Å²) in [6.07, 6.45) is 2.61. The quantitative estimate of drug-likeness (QED) is 0.596. The van der Waals surface area contributed by atoms with E-state index in [-0.39, 0.29) is 36.8 Å². The monoisotopic (exact) mass is 484 g/mol. The highest BCUT2D eigenvalue weighted by Crippen LogP contribution is 2.43. The Morgan fingerprint density at radius 1 is 1.19 bits per heavy atom. The van der Waals surface area contributed by atoms with Gasteiger partial charge in [0.25, 0.3) is 0 Å². The van der Waals surface area contributed by atoms with E-state index in [4.69, 9.17) is 32.7 Å². The van der Waals surface area contributed by atoms with Crippen LogP contribution < -0.4 is 9.47 Å². The number of fused-ring (bicyclic) bond motifs is 1. The first kappa shape index (κ1) is 24.0. The van der Waals surface area contributed by atoms with E-state index in [1.807, 2.05) is 36.2 Å². The molecule has 0 aromatic heterocycles. The van der Waals surface area contributed by atoms with Crippen molar-refractivity contribution >= 4 is 41.5 Å². The number of carbonyl (C=O) groups is 1. The van der Waals surface area contributed by atoms with Gasteiger partial charge in [0, 0.05) is 12.6 Å². The highest BCUT2D eigenvalue weighted by molar-refractivity contribution is 6.42. The number of benzene rings is 2. The van der Waals surface area contributed by atoms with E-state index in [0.29, 0.717) is 22.4 Å². The maximum atomic E-state index is 13.3. The van der Waals surface area contributed by atoms with Crippen LogP contribution in [0, 0.1) is 0 Å². The van der Waals surface area contributed by atoms with E-state index in [0.717, 1.165) is 30.0 Å². The molecule has 2 aromatic carbocycles. The van der Waals surface area contributed by atoms with Crippen LogP contribution >= 0.6 is 35.6 Å². The summed E-state index contributed by atoms with van der Waals surface area (Å²) in [4.78, 5) is 17.6. The zero-order valence-electron chi connectivity index (χ0n) is 17.6. The van der Waals surface area contributed by atoms with Crippen LogP contribution in [-0.4, -0.2) is 55.6 Å². The van der Waals surface area contributed by atoms with Crippen molar-refractivity contribution in [1.82, 2.24) is 9.80 Å². The van der Waals surface area contributed by atoms with Gasteiger partial charge in [-0.25, -0.2) is 0 Å². The van der Waals surface area contributed by atoms with Gasteiger partial charge in [-0.05, 0) is 49.7 Å². The van der Waals surface area contributed by atoms with Crippen molar-refractivity contribution in [3.05, 3.63) is 57.6 Å². The van der Waals surface area contributed by atoms with Gasteiger partial charge in [-0.2, -0.15) is 0 Å². The largest absolute Gasteiger partial charge is 0.493 e. The summed E-state index contributed by atoms with van der Waals surface area (Å²) in [6.45, 7) is 2.58. The Balaban J connectivity index is 0.00000272. The second-order valence-electron chi connectivity index (χ2n) is 7.87. The fourth-order valence-electron chi connectivity index (χ4n) is 4.50. The highest BCUT2D eigenvalue weighted by Gasteiger charge is 2.40. The second-order valence-corrected chi connectivity index (χ2v) is 8.69. The van der Waals surface area contributed by atoms with E-state index >= 15 is 0 Å². The van der Waals surface area contributed by atoms with E-state index in [2.05, 4.69) is 4.90 Å². The number of nitrogens with zero attached hydrogens (tertiary/aromatic N) is 2. The number of ether oxygens (including phenoxy) is 2. The van der Waals surface area contributed by atoms with Crippen LogP contribution in [0.25, 0.3) is 0 Å². The molecule has 1 amide bonds. The molecule has 2 heterocycles. The number of rotatable bonds is 5. The molecular weight excluding hydrogens is 459 g/mol. The molecule has 2 aliphatic rings. The van der Waals surface area contributed by atoms with Crippen LogP contribution in [0.4, 0.5) is 0 Å². The summed E-state index contributed by atoms with van der Waals surface area (Å²) in [5.74, 6) is 1.45. The number of carbonyl (C=O) groups excluding carboxylic acids is 1. The third-order valence-electron chi connectivity index (χ3n) is 6.07. The number of para-hydroxylation sites is 1. The molecule has 0 N–H and O–H groups in total. The van der Waals surface area contributed by atoms with Crippen LogP contribution in [0.3, 0.4) is 0 Å². The van der Waals surface area contributed by atoms with Crippen molar-refractivity contribution in [2.45, 2.75) is 31.3 Å². The Labute approximate surface area is 199 Å². The first-order valence-electron chi connectivity index (χ1n) is 10.2. The van der Waals surface area contributed by atoms with Gasteiger partial charge in [-0.3, -0.25) is 9.69 Å². The smallest absolute Gasteiger partial charge is 0.227 e. The minimum atomic E-state index is -0.114. The van der Waals surface area contributed by atoms with E-state index in [1.165, 1.54) is 12.8 Å². The molecule has 1 saturated heterocycles. The normalized spacial score (nSPS) is 20.4. The Kier molecular flexibility index (Phi) is 7.98. The SMILES string of the molecule is COc1cccc2c1OC[C@@H](N1CCCC1)[C@@H]2N(C)C(=O)Cc1ccc(Cl)c(Cl)c1.Cl. The molecule has 0 spiro atoms. The molecule has 5 nitrogen and oxygen atoms in total. The summed E-state index contributed by atoms with van der Waals surface area (Å²) < 4.78 is 11.7. The van der Waals surface area contributed by atoms with Crippen molar-refractivity contribution in [2.75, 3.05) is 33.9 Å². The average Bonchev–Trinajstić information content (AvgIpc) is 3.29. The number of hydrogen-bond acceptors (Lipinski definition) is 4. The lowest BCUT2D eigenvalue weighted by atomic mass is 9.93. The first-order chi connectivity index (χ1) is 14.5. The number of likely N-dealkylation sites (tertiary alicyclic amines) is 1. The number of methoxy groups -OCH3 is 1. The molecule has 2 aromatic rings. The van der Waals surface area contributed by atoms with Crippen molar-refractivity contribution < 1.29 is 14.3 Å². The molecule has 31 heavy (non-hydrogen) atoms. The predicted molar refractivity (Wildman–Crippen MR) is 126 cm³/mol. The molecule has 0 saturated carbocycles. The third-order valence-corrected chi connectivity index (χ3v) is 6.81. The number of likely N-dealkylation sites (N-methyl/N-ethyl adjacent to an activating group) is 1. The van der Waals surface area contributed by atoms with Crippen LogP contribution in [0.2, 0.25) is 10.0 Å². The fourth-order valence-corrected chi connectivity index (χ4v) is 4.82. The first-order valence-corrected chi connectivity index (χ1v) is 11.0. The van der Waals surface area contributed by atoms with Gasteiger partial charge in [0.15, 0.2) is 11.5 Å². The Morgan fingerprint density at radius 3 is 2.61 bits per heavy atom. The van der Waals surface area contributed by atoms with E-state index in [1.54, 1.807) is 19.2 Å². The highest BCUT2D eigenvalue weighted by atomic mass is 35.5. The Hall–Kier alpha value is -1.66. The van der Waals surface area contributed by atoms with Gasteiger partial charge in [-0.15, -0.1) is 12.4 Å². The lowest BCUT2D eigenvalue weighted by molar-refractivity contribution is -0.133. The van der Waals surface area contributed by atoms with E-state index < -0.39 is 0 Å². The van der Waals surface area contributed by atoms with Gasteiger partial charge >= 0.3 is 0 Å². The summed E-state index contributed by atoms with van der Waals surface area (Å²) in [5, 5.41) is 0.946. The van der Waals surface area contributed by atoms with Crippen LogP contribution in [0.15, 0.2) is 36.4 Å². The zero-order chi connectivity index (χ0) is 21.3. The molecule has 0 radical (unpaired) electrons. The van der Waals surface area contributed by atoms with Gasteiger partial charge < -0.3 is 14.4 Å². The second kappa shape index (κ2) is 10.3. The summed E-state index contributed by atoms with van der Waals surface area (Å²) >= 11 is 12.2. The maximum Gasteiger partial charge on any atom is 0.227 e. The molecule has 8 heteroatoms. The van der Waals surface area contributed by atoms with Crippen molar-refractivity contribution in [2.24, 2.45) is 0 Å². The zero-order valence-corrected chi connectivity index (χ0v) is 20.0. The van der Waals surface area contributed by atoms with Crippen LogP contribution in [0.5, 0.6) is 11.5 Å². The van der Waals surface area contributed by atoms with Gasteiger partial charge in [-0.1, -0.05) is 41.4 Å². The number of halogens is 3. The topological polar surface area (TPSA) is 42.0 Å². The molecule has 168 valence electrons. The Bertz CT molecular complexity index is 934. The molecule has 0 bridgehead atoms. The van der Waals surface area contributed by atoms with Crippen LogP contribution in [0.1, 0.15) is 30.0 Å². The maximum absolute atomic E-state index is 13.3. The summed E-state index contributed by atoms with van der Waals surface area (Å²) in [5.41, 5.74) is 1.83. The molecule has 1 fully saturated rings. The van der Waals surface area contributed by atoms with E-state index in [9.17, 15) is 4.79 Å². The van der Waals surface area contributed by atoms with Gasteiger partial charge in [0.1, 0.15) is 6.61 Å². The van der Waals surface area contributed by atoms with Crippen LogP contribution in [-0.2, 0) is 11.2 Å². The Morgan fingerprint density at radius 2 is 1.94 bits per heavy atom. The minimum absolute atomic E-state index is 0. The fraction of sp³-hybridized carbons (Fsp3) is 0.435. The lowest BCUT2D eigenvalue weighted by Gasteiger charge is -2.43. The summed E-state index contributed by atoms with van der Waals surface area (Å²) in [6, 6.07) is 11.2. The molecule has 0 unspecified atom stereocenters. The van der Waals surface area contributed by atoms with Gasteiger partial charge in [0.2, 0.25) is 5.91 Å². The molecule has 0 aliphatic carbocycles. The molecule has 2 aliphatic heterocycles. The standard InChI is InChI=1S/C23H26Cl2N2O3.ClH/c1-26(21(28)13-15-8-9-17(24)18(25)12-15)22-16-6-5-7-20(29-2)23(16)30-14-19(22)27-10-3-4-11-27;/h5-9,12,19,22H,3-4,10-11,13-14H2,1-2H3;1H/t19-,22-;/m1./s1. The number of hydrogen-bond donors (Lipinski definition) is 0. The molecule has 2 atom stereocenters. The average molecular weight is 486 g/mol. The van der Waals surface area contributed by atoms with Crippen molar-refractivity contribution in [1.29, 1.82) is 0 Å². The van der Waals surface area contributed by atoms with Crippen molar-refractivity contribution in [3.8, 4) is 11.5 Å². The van der Waals surface area contributed by atoms with Gasteiger partial charge in [0.05, 0.1) is 35.7 Å². The lowest BCUT2D eigenvalue weighted by Crippen LogP contribution is -2.51. The molecular formula is C23H27Cl3N2O3. The predicted octanol–water partition coefficient (Wildman–Crippen LogP) is 5.02. The summed E-state index contributed by atoms with van der Waals surface area (Å²) in [7, 11) is 3.52. The van der Waals surface area contributed by atoms with Crippen molar-refractivity contribution in [3.63, 3.8) is 0 Å². The molecule has 4 rings (SSSR count). The third kappa shape index (κ3) is 4.90.